The summed E-state index contributed by atoms with van der Waals surface area (Å²) >= 11 is 7.17. The summed E-state index contributed by atoms with van der Waals surface area (Å²) in [5.41, 5.74) is 0.339. The molecule has 0 bridgehead atoms. The highest BCUT2D eigenvalue weighted by molar-refractivity contribution is 7.91. The predicted molar refractivity (Wildman–Crippen MR) is 104 cm³/mol. The molecule has 8 heteroatoms. The second kappa shape index (κ2) is 8.21. The fourth-order valence-corrected chi connectivity index (χ4v) is 5.52. The third kappa shape index (κ3) is 4.55. The fraction of sp³-hybridized carbons (Fsp3) is 0.105. The summed E-state index contributed by atoms with van der Waals surface area (Å²) in [5, 5.41) is 3.86. The van der Waals surface area contributed by atoms with Crippen LogP contribution in [0.15, 0.2) is 70.9 Å². The molecule has 3 aromatic rings. The second-order valence-corrected chi connectivity index (χ2v) is 9.27. The molecular weight excluding hydrogens is 409 g/mol. The summed E-state index contributed by atoms with van der Waals surface area (Å²) in [5.74, 6) is -0.941. The largest absolute Gasteiger partial charge is 0.350 e. The van der Waals surface area contributed by atoms with Gasteiger partial charge in [0.2, 0.25) is 0 Å². The van der Waals surface area contributed by atoms with Crippen molar-refractivity contribution < 1.29 is 17.6 Å². The van der Waals surface area contributed by atoms with E-state index in [0.717, 1.165) is 12.1 Å². The SMILES string of the molecule is O=C(NC[C@H](c1cccs1)S(=O)(=O)c1ccc(F)cc1)c1cccc(Cl)c1. The van der Waals surface area contributed by atoms with E-state index in [1.165, 1.54) is 29.5 Å². The Balaban J connectivity index is 1.86. The van der Waals surface area contributed by atoms with Crippen molar-refractivity contribution in [1.82, 2.24) is 5.32 Å². The molecule has 0 aliphatic heterocycles. The first-order valence-corrected chi connectivity index (χ1v) is 10.7. The standard InChI is InChI=1S/C19H15ClFNO3S2/c20-14-4-1-3-13(11-14)19(23)22-12-18(17-5-2-10-26-17)27(24,25)16-8-6-15(21)7-9-16/h1-11,18H,12H2,(H,22,23)/t18-/m1/s1. The number of hydrogen-bond acceptors (Lipinski definition) is 4. The van der Waals surface area contributed by atoms with Crippen LogP contribution in [0.2, 0.25) is 5.02 Å². The van der Waals surface area contributed by atoms with E-state index in [0.29, 0.717) is 15.5 Å². The Labute approximate surface area is 165 Å². The molecule has 4 nitrogen and oxygen atoms in total. The number of hydrogen-bond donors (Lipinski definition) is 1. The van der Waals surface area contributed by atoms with Gasteiger partial charge in [0.25, 0.3) is 5.91 Å². The van der Waals surface area contributed by atoms with E-state index in [4.69, 9.17) is 11.6 Å². The van der Waals surface area contributed by atoms with Crippen LogP contribution in [0.25, 0.3) is 0 Å². The smallest absolute Gasteiger partial charge is 0.251 e. The van der Waals surface area contributed by atoms with Gasteiger partial charge in [-0.15, -0.1) is 11.3 Å². The van der Waals surface area contributed by atoms with Gasteiger partial charge in [-0.1, -0.05) is 23.7 Å². The van der Waals surface area contributed by atoms with Crippen molar-refractivity contribution in [2.75, 3.05) is 6.54 Å². The number of benzene rings is 2. The highest BCUT2D eigenvalue weighted by Crippen LogP contribution is 2.31. The summed E-state index contributed by atoms with van der Waals surface area (Å²) in [6.45, 7) is -0.119. The van der Waals surface area contributed by atoms with Crippen molar-refractivity contribution in [2.24, 2.45) is 0 Å². The summed E-state index contributed by atoms with van der Waals surface area (Å²) in [4.78, 5) is 13.0. The molecule has 0 radical (unpaired) electrons. The van der Waals surface area contributed by atoms with Gasteiger partial charge in [-0.2, -0.15) is 0 Å². The Morgan fingerprint density at radius 2 is 1.85 bits per heavy atom. The molecule has 1 aromatic heterocycles. The molecule has 27 heavy (non-hydrogen) atoms. The van der Waals surface area contributed by atoms with Crippen LogP contribution >= 0.6 is 22.9 Å². The summed E-state index contributed by atoms with van der Waals surface area (Å²) in [7, 11) is -3.82. The van der Waals surface area contributed by atoms with E-state index in [-0.39, 0.29) is 11.4 Å². The van der Waals surface area contributed by atoms with Crippen LogP contribution < -0.4 is 5.32 Å². The maximum atomic E-state index is 13.2. The van der Waals surface area contributed by atoms with Crippen LogP contribution in [-0.2, 0) is 9.84 Å². The first-order valence-electron chi connectivity index (χ1n) is 7.94. The molecule has 0 spiro atoms. The van der Waals surface area contributed by atoms with E-state index >= 15 is 0 Å². The van der Waals surface area contributed by atoms with Crippen molar-refractivity contribution in [1.29, 1.82) is 0 Å². The molecule has 1 heterocycles. The maximum Gasteiger partial charge on any atom is 0.251 e. The average Bonchev–Trinajstić information content (AvgIpc) is 3.16. The van der Waals surface area contributed by atoms with Gasteiger partial charge in [0, 0.05) is 22.0 Å². The number of nitrogens with one attached hydrogen (secondary N) is 1. The third-order valence-electron chi connectivity index (χ3n) is 3.91. The van der Waals surface area contributed by atoms with Crippen molar-refractivity contribution >= 4 is 38.7 Å². The molecule has 3 rings (SSSR count). The van der Waals surface area contributed by atoms with Crippen molar-refractivity contribution in [3.05, 3.63) is 87.3 Å². The fourth-order valence-electron chi connectivity index (χ4n) is 2.54. The maximum absolute atomic E-state index is 13.2. The minimum atomic E-state index is -3.82. The first kappa shape index (κ1) is 19.5. The zero-order chi connectivity index (χ0) is 19.4. The predicted octanol–water partition coefficient (Wildman–Crippen LogP) is 4.49. The van der Waals surface area contributed by atoms with Gasteiger partial charge in [0.05, 0.1) is 4.90 Å². The van der Waals surface area contributed by atoms with Crippen LogP contribution in [0, 0.1) is 5.82 Å². The number of sulfone groups is 1. The number of carbonyl (C=O) groups excluding carboxylic acids is 1. The highest BCUT2D eigenvalue weighted by Gasteiger charge is 2.30. The first-order chi connectivity index (χ1) is 12.9. The lowest BCUT2D eigenvalue weighted by Crippen LogP contribution is -2.31. The van der Waals surface area contributed by atoms with Gasteiger partial charge in [-0.05, 0) is 53.9 Å². The van der Waals surface area contributed by atoms with E-state index in [1.54, 1.807) is 35.7 Å². The Kier molecular flexibility index (Phi) is 5.94. The van der Waals surface area contributed by atoms with Gasteiger partial charge >= 0.3 is 0 Å². The van der Waals surface area contributed by atoms with E-state index < -0.39 is 26.8 Å². The molecule has 140 valence electrons. The van der Waals surface area contributed by atoms with Crippen LogP contribution in [0.5, 0.6) is 0 Å². The van der Waals surface area contributed by atoms with Crippen molar-refractivity contribution in [2.45, 2.75) is 10.1 Å². The van der Waals surface area contributed by atoms with Crippen LogP contribution in [0.3, 0.4) is 0 Å². The lowest BCUT2D eigenvalue weighted by Gasteiger charge is -2.17. The lowest BCUT2D eigenvalue weighted by atomic mass is 10.2. The quantitative estimate of drug-likeness (QED) is 0.594. The van der Waals surface area contributed by atoms with Crippen LogP contribution in [0.1, 0.15) is 20.5 Å². The highest BCUT2D eigenvalue weighted by atomic mass is 35.5. The van der Waals surface area contributed by atoms with Crippen LogP contribution in [0.4, 0.5) is 4.39 Å². The number of halogens is 2. The van der Waals surface area contributed by atoms with E-state index in [2.05, 4.69) is 5.32 Å². The lowest BCUT2D eigenvalue weighted by molar-refractivity contribution is 0.0953. The molecule has 1 atom stereocenters. The molecule has 0 saturated carbocycles. The number of rotatable bonds is 6. The van der Waals surface area contributed by atoms with Crippen LogP contribution in [-0.4, -0.2) is 20.9 Å². The summed E-state index contributed by atoms with van der Waals surface area (Å²) in [6.07, 6.45) is 0. The molecule has 0 aliphatic carbocycles. The summed E-state index contributed by atoms with van der Waals surface area (Å²) < 4.78 is 39.3. The zero-order valence-corrected chi connectivity index (χ0v) is 16.3. The summed E-state index contributed by atoms with van der Waals surface area (Å²) in [6, 6.07) is 14.5. The molecule has 1 amide bonds. The van der Waals surface area contributed by atoms with Gasteiger partial charge in [0.15, 0.2) is 9.84 Å². The van der Waals surface area contributed by atoms with Gasteiger partial charge < -0.3 is 5.32 Å². The number of carbonyl (C=O) groups is 1. The minimum Gasteiger partial charge on any atom is -0.350 e. The monoisotopic (exact) mass is 423 g/mol. The van der Waals surface area contributed by atoms with E-state index in [9.17, 15) is 17.6 Å². The molecule has 0 unspecified atom stereocenters. The molecule has 0 saturated heterocycles. The van der Waals surface area contributed by atoms with Gasteiger partial charge in [0.1, 0.15) is 11.1 Å². The van der Waals surface area contributed by atoms with Gasteiger partial charge in [-0.25, -0.2) is 12.8 Å². The van der Waals surface area contributed by atoms with Crippen molar-refractivity contribution in [3.63, 3.8) is 0 Å². The second-order valence-electron chi connectivity index (χ2n) is 5.72. The zero-order valence-electron chi connectivity index (χ0n) is 13.9. The van der Waals surface area contributed by atoms with E-state index in [1.807, 2.05) is 0 Å². The van der Waals surface area contributed by atoms with Crippen molar-refractivity contribution in [3.8, 4) is 0 Å². The Hall–Kier alpha value is -2.22. The topological polar surface area (TPSA) is 63.2 Å². The molecular formula is C19H15ClFNO3S2. The normalized spacial score (nSPS) is 12.5. The average molecular weight is 424 g/mol. The minimum absolute atomic E-state index is 0.000644. The Bertz CT molecular complexity index is 1040. The Morgan fingerprint density at radius 1 is 1.11 bits per heavy atom. The molecule has 1 N–H and O–H groups in total. The number of thiophene rings is 1. The molecule has 2 aromatic carbocycles. The molecule has 0 fully saturated rings. The Morgan fingerprint density at radius 3 is 2.48 bits per heavy atom. The van der Waals surface area contributed by atoms with Gasteiger partial charge in [-0.3, -0.25) is 4.79 Å². The number of amides is 1. The third-order valence-corrected chi connectivity index (χ3v) is 7.38. The molecule has 0 aliphatic rings.